The van der Waals surface area contributed by atoms with Crippen molar-refractivity contribution in [3.63, 3.8) is 0 Å². The molecule has 0 unspecified atom stereocenters. The maximum atomic E-state index is 13.0. The monoisotopic (exact) mass is 550 g/mol. The van der Waals surface area contributed by atoms with Gasteiger partial charge in [-0.05, 0) is 0 Å². The summed E-state index contributed by atoms with van der Waals surface area (Å²) in [6.07, 6.45) is 0. The van der Waals surface area contributed by atoms with Gasteiger partial charge < -0.3 is 0 Å². The van der Waals surface area contributed by atoms with Crippen LogP contribution in [0.4, 0.5) is 79.0 Å². The lowest BCUT2D eigenvalue weighted by molar-refractivity contribution is -0.0965. The predicted octanol–water partition coefficient (Wildman–Crippen LogP) is 8.79. The first-order chi connectivity index (χ1) is 12.6. The first-order valence-corrected chi connectivity index (χ1v) is 11.2. The van der Waals surface area contributed by atoms with E-state index in [4.69, 9.17) is 0 Å². The SMILES string of the molecule is FC(F)(F)P1(C(F)(F)F)=N[P+](C(F)(F)F)(C(F)(F)F)N=P(C(F)(F)F)(C(F)(F)F)N1. The molecule has 0 spiro atoms. The molecule has 0 atom stereocenters. The van der Waals surface area contributed by atoms with Gasteiger partial charge in [0.25, 0.3) is 14.4 Å². The highest BCUT2D eigenvalue weighted by molar-refractivity contribution is 7.93. The molecule has 0 saturated carbocycles. The van der Waals surface area contributed by atoms with Crippen molar-refractivity contribution in [1.29, 1.82) is 0 Å². The first-order valence-electron chi connectivity index (χ1n) is 5.99. The van der Waals surface area contributed by atoms with Gasteiger partial charge in [0, 0.05) is 0 Å². The summed E-state index contributed by atoms with van der Waals surface area (Å²) in [6, 6.07) is 0. The lowest BCUT2D eigenvalue weighted by atomic mass is 11.5. The number of hydrogen-bond acceptors (Lipinski definition) is 3. The van der Waals surface area contributed by atoms with E-state index in [1.807, 2.05) is 0 Å². The summed E-state index contributed by atoms with van der Waals surface area (Å²) >= 11 is 0. The van der Waals surface area contributed by atoms with E-state index in [0.717, 1.165) is 0 Å². The maximum absolute atomic E-state index is 13.0. The second-order valence-corrected chi connectivity index (χ2v) is 14.0. The molecule has 0 aromatic heterocycles. The second-order valence-electron chi connectivity index (χ2n) is 4.96. The fraction of sp³-hybridized carbons (Fsp3) is 1.00. The Morgan fingerprint density at radius 2 is 0.633 bits per heavy atom. The van der Waals surface area contributed by atoms with Crippen LogP contribution in [0.2, 0.25) is 0 Å². The van der Waals surface area contributed by atoms with Crippen molar-refractivity contribution in [3.05, 3.63) is 0 Å². The van der Waals surface area contributed by atoms with E-state index in [1.54, 1.807) is 0 Å². The molecule has 0 aromatic rings. The molecular formula is C6HF18N3P3+. The summed E-state index contributed by atoms with van der Waals surface area (Å²) < 4.78 is 236. The Morgan fingerprint density at radius 1 is 0.433 bits per heavy atom. The highest BCUT2D eigenvalue weighted by Crippen LogP contribution is 2.97. The van der Waals surface area contributed by atoms with Gasteiger partial charge in [-0.1, -0.05) is 9.03 Å². The van der Waals surface area contributed by atoms with E-state index in [1.165, 1.54) is 0 Å². The number of rotatable bonds is 0. The molecule has 1 rings (SSSR count). The molecule has 0 fully saturated rings. The first kappa shape index (κ1) is 27.6. The third kappa shape index (κ3) is 3.81. The number of hydrogen-bond donors (Lipinski definition) is 1. The van der Waals surface area contributed by atoms with Crippen LogP contribution in [0.5, 0.6) is 0 Å². The van der Waals surface area contributed by atoms with Gasteiger partial charge in [-0.25, -0.2) is 4.86 Å². The third-order valence-corrected chi connectivity index (χ3v) is 13.9. The molecule has 0 aliphatic carbocycles. The number of halogens is 18. The summed E-state index contributed by atoms with van der Waals surface area (Å²) in [5, 5.41) is 0. The number of nitrogens with zero attached hydrogens (tertiary/aromatic N) is 2. The minimum atomic E-state index is -8.98. The molecule has 0 saturated heterocycles. The average molecular weight is 550 g/mol. The maximum Gasteiger partial charge on any atom is 0.567 e. The lowest BCUT2D eigenvalue weighted by Crippen LogP contribution is -2.42. The molecule has 1 aliphatic rings. The quantitative estimate of drug-likeness (QED) is 0.238. The Bertz CT molecular complexity index is 683. The van der Waals surface area contributed by atoms with Gasteiger partial charge in [0.05, 0.1) is 0 Å². The normalized spacial score (nSPS) is 22.9. The molecule has 1 heterocycles. The van der Waals surface area contributed by atoms with Crippen molar-refractivity contribution >= 4 is 22.0 Å². The van der Waals surface area contributed by atoms with Gasteiger partial charge in [-0.2, -0.15) is 52.7 Å². The van der Waals surface area contributed by atoms with Crippen molar-refractivity contribution in [2.75, 3.05) is 0 Å². The highest BCUT2D eigenvalue weighted by atomic mass is 31.3. The number of nitrogens with one attached hydrogen (secondary N) is 1. The van der Waals surface area contributed by atoms with E-state index >= 15 is 0 Å². The van der Waals surface area contributed by atoms with Gasteiger partial charge in [-0.15, -0.1) is 26.3 Å². The largest absolute Gasteiger partial charge is 0.567 e. The van der Waals surface area contributed by atoms with Crippen LogP contribution < -0.4 is 4.86 Å². The predicted molar refractivity (Wildman–Crippen MR) is 65.1 cm³/mol. The minimum absolute atomic E-state index is 0.624. The fourth-order valence-corrected chi connectivity index (χ4v) is 13.9. The van der Waals surface area contributed by atoms with E-state index < -0.39 is 62.3 Å². The summed E-state index contributed by atoms with van der Waals surface area (Å²) in [4.78, 5) is -1.04. The van der Waals surface area contributed by atoms with E-state index in [2.05, 4.69) is 0 Å². The molecule has 0 aromatic carbocycles. The molecule has 3 nitrogen and oxygen atoms in total. The Morgan fingerprint density at radius 3 is 0.767 bits per heavy atom. The van der Waals surface area contributed by atoms with Crippen LogP contribution in [0.15, 0.2) is 9.03 Å². The summed E-state index contributed by atoms with van der Waals surface area (Å²) in [5.74, 6) is -45.5. The van der Waals surface area contributed by atoms with Gasteiger partial charge in [0.1, 0.15) is 0 Å². The van der Waals surface area contributed by atoms with E-state index in [9.17, 15) is 79.0 Å². The Labute approximate surface area is 151 Å². The highest BCUT2D eigenvalue weighted by Gasteiger charge is 2.91. The Kier molecular flexibility index (Phi) is 6.26. The van der Waals surface area contributed by atoms with E-state index in [0.29, 0.717) is 9.03 Å². The van der Waals surface area contributed by atoms with Crippen molar-refractivity contribution in [2.24, 2.45) is 9.03 Å². The van der Waals surface area contributed by atoms with Crippen LogP contribution >= 0.6 is 22.0 Å². The molecule has 24 heteroatoms. The molecule has 0 radical (unpaired) electrons. The Hall–Kier alpha value is -0.410. The molecule has 30 heavy (non-hydrogen) atoms. The van der Waals surface area contributed by atoms with Crippen LogP contribution in [0.1, 0.15) is 0 Å². The number of alkyl halides is 18. The van der Waals surface area contributed by atoms with Crippen molar-refractivity contribution in [3.8, 4) is 0 Å². The van der Waals surface area contributed by atoms with Crippen molar-refractivity contribution in [1.82, 2.24) is 4.86 Å². The van der Waals surface area contributed by atoms with Crippen molar-refractivity contribution < 1.29 is 79.0 Å². The molecular weight excluding hydrogens is 549 g/mol. The molecule has 0 amide bonds. The van der Waals surface area contributed by atoms with E-state index in [-0.39, 0.29) is 0 Å². The van der Waals surface area contributed by atoms with Gasteiger partial charge >= 0.3 is 43.1 Å². The van der Waals surface area contributed by atoms with Crippen LogP contribution in [-0.2, 0) is 0 Å². The molecule has 1 aliphatic heterocycles. The van der Waals surface area contributed by atoms with Crippen LogP contribution in [0, 0.1) is 0 Å². The summed E-state index contributed by atoms with van der Waals surface area (Å²) in [7, 11) is -26.8. The van der Waals surface area contributed by atoms with Crippen molar-refractivity contribution in [2.45, 2.75) is 35.5 Å². The van der Waals surface area contributed by atoms with Crippen LogP contribution in [-0.4, -0.2) is 35.5 Å². The third-order valence-electron chi connectivity index (χ3n) is 2.99. The second kappa shape index (κ2) is 6.80. The van der Waals surface area contributed by atoms with Crippen LogP contribution in [0.25, 0.3) is 0 Å². The zero-order chi connectivity index (χ0) is 24.6. The Balaban J connectivity index is 4.60. The summed E-state index contributed by atoms with van der Waals surface area (Å²) in [5.41, 5.74) is 0. The fourth-order valence-electron chi connectivity index (χ4n) is 1.72. The standard InChI is InChI=1S/C6HF18N3P3/c7-1(8,9)28(2(10,11)12)25-29(3(13,14)15,4(16,17)18)27-30(26-28,5(19,20)21)6(22,23)24/h25H/q+1. The minimum Gasteiger partial charge on any atom is -0.213 e. The average Bonchev–Trinajstić information content (AvgIpc) is 2.39. The topological polar surface area (TPSA) is 36.8 Å². The molecule has 1 N–H and O–H groups in total. The zero-order valence-corrected chi connectivity index (χ0v) is 15.2. The van der Waals surface area contributed by atoms with Gasteiger partial charge in [0.2, 0.25) is 0 Å². The molecule has 0 bridgehead atoms. The lowest BCUT2D eigenvalue weighted by Gasteiger charge is -2.40. The van der Waals surface area contributed by atoms with Crippen LogP contribution in [0.3, 0.4) is 0 Å². The smallest absolute Gasteiger partial charge is 0.213 e. The zero-order valence-electron chi connectivity index (χ0n) is 12.5. The molecule has 180 valence electrons. The van der Waals surface area contributed by atoms with Gasteiger partial charge in [0.15, 0.2) is 0 Å². The van der Waals surface area contributed by atoms with Gasteiger partial charge in [-0.3, -0.25) is 0 Å². The summed E-state index contributed by atoms with van der Waals surface area (Å²) in [6.45, 7) is 0.